The van der Waals surface area contributed by atoms with Crippen molar-refractivity contribution in [1.29, 1.82) is 0 Å². The van der Waals surface area contributed by atoms with E-state index in [1.807, 2.05) is 11.6 Å². The van der Waals surface area contributed by atoms with E-state index in [4.69, 9.17) is 4.42 Å². The number of rotatable bonds is 5. The Hall–Kier alpha value is -1.87. The van der Waals surface area contributed by atoms with Crippen LogP contribution in [0, 0.1) is 0 Å². The van der Waals surface area contributed by atoms with Gasteiger partial charge < -0.3 is 19.0 Å². The van der Waals surface area contributed by atoms with Crippen molar-refractivity contribution in [2.24, 2.45) is 7.05 Å². The molecule has 9 heteroatoms. The molecule has 0 aliphatic carbocycles. The Morgan fingerprint density at radius 1 is 1.48 bits per heavy atom. The number of oxazole rings is 1. The van der Waals surface area contributed by atoms with E-state index < -0.39 is 5.97 Å². The highest BCUT2D eigenvalue weighted by molar-refractivity contribution is 7.98. The van der Waals surface area contributed by atoms with Crippen molar-refractivity contribution in [3.8, 4) is 0 Å². The molecule has 0 bridgehead atoms. The molecule has 0 radical (unpaired) electrons. The summed E-state index contributed by atoms with van der Waals surface area (Å²) in [6.45, 7) is 2.04. The first-order valence-corrected chi connectivity index (χ1v) is 8.43. The molecular formula is C14H19N5O3S. The summed E-state index contributed by atoms with van der Waals surface area (Å²) in [5, 5.41) is 12.8. The van der Waals surface area contributed by atoms with E-state index in [2.05, 4.69) is 25.2 Å². The molecule has 1 aliphatic heterocycles. The third kappa shape index (κ3) is 3.56. The summed E-state index contributed by atoms with van der Waals surface area (Å²) in [4.78, 5) is 15.4. The largest absolute Gasteiger partial charge is 0.464 e. The number of nitrogens with zero attached hydrogens (tertiary/aromatic N) is 4. The Bertz CT molecular complexity index is 678. The van der Waals surface area contributed by atoms with Crippen LogP contribution < -0.4 is 5.32 Å². The average Bonchev–Trinajstić information content (AvgIpc) is 3.20. The fourth-order valence-electron chi connectivity index (χ4n) is 2.59. The molecule has 1 saturated heterocycles. The van der Waals surface area contributed by atoms with E-state index in [0.717, 1.165) is 36.9 Å². The maximum Gasteiger partial charge on any atom is 0.360 e. The van der Waals surface area contributed by atoms with Gasteiger partial charge in [0.25, 0.3) is 0 Å². The summed E-state index contributed by atoms with van der Waals surface area (Å²) in [5.41, 5.74) is 0.177. The number of methoxy groups -OCH3 is 1. The number of hydrogen-bond acceptors (Lipinski definition) is 8. The summed E-state index contributed by atoms with van der Waals surface area (Å²) in [6.07, 6.45) is 3.47. The van der Waals surface area contributed by atoms with Gasteiger partial charge in [0.15, 0.2) is 10.9 Å². The maximum absolute atomic E-state index is 11.4. The number of carbonyl (C=O) groups excluding carboxylic acids is 1. The van der Waals surface area contributed by atoms with Crippen molar-refractivity contribution in [2.45, 2.75) is 29.7 Å². The minimum Gasteiger partial charge on any atom is -0.464 e. The minimum atomic E-state index is -0.503. The van der Waals surface area contributed by atoms with Crippen LogP contribution in [0.25, 0.3) is 0 Å². The SMILES string of the molecule is COC(=O)c1coc(CSc2nnc(C3CCNCC3)n2C)n1. The van der Waals surface area contributed by atoms with E-state index in [9.17, 15) is 4.79 Å². The average molecular weight is 337 g/mol. The summed E-state index contributed by atoms with van der Waals surface area (Å²) in [5.74, 6) is 1.92. The number of thioether (sulfide) groups is 1. The highest BCUT2D eigenvalue weighted by atomic mass is 32.2. The predicted octanol–water partition coefficient (Wildman–Crippen LogP) is 1.35. The first-order valence-electron chi connectivity index (χ1n) is 7.44. The van der Waals surface area contributed by atoms with Gasteiger partial charge in [0.1, 0.15) is 12.1 Å². The highest BCUT2D eigenvalue weighted by Gasteiger charge is 2.22. The van der Waals surface area contributed by atoms with Crippen LogP contribution >= 0.6 is 11.8 Å². The van der Waals surface area contributed by atoms with Gasteiger partial charge in [-0.2, -0.15) is 0 Å². The van der Waals surface area contributed by atoms with Crippen LogP contribution in [-0.2, 0) is 17.5 Å². The topological polar surface area (TPSA) is 95.1 Å². The Morgan fingerprint density at radius 2 is 2.26 bits per heavy atom. The number of esters is 1. The third-order valence-electron chi connectivity index (χ3n) is 3.84. The number of nitrogens with one attached hydrogen (secondary N) is 1. The molecule has 1 aliphatic rings. The monoisotopic (exact) mass is 337 g/mol. The van der Waals surface area contributed by atoms with Crippen LogP contribution in [0.1, 0.15) is 41.0 Å². The van der Waals surface area contributed by atoms with Crippen LogP contribution in [0.3, 0.4) is 0 Å². The van der Waals surface area contributed by atoms with Crippen LogP contribution in [0.5, 0.6) is 0 Å². The normalized spacial score (nSPS) is 15.7. The van der Waals surface area contributed by atoms with Gasteiger partial charge in [0.05, 0.1) is 12.9 Å². The lowest BCUT2D eigenvalue weighted by atomic mass is 9.97. The molecule has 2 aromatic rings. The molecular weight excluding hydrogens is 318 g/mol. The number of aromatic nitrogens is 4. The predicted molar refractivity (Wildman–Crippen MR) is 83.3 cm³/mol. The molecule has 2 aromatic heterocycles. The Morgan fingerprint density at radius 3 is 3.00 bits per heavy atom. The van der Waals surface area contributed by atoms with E-state index in [1.54, 1.807) is 0 Å². The molecule has 23 heavy (non-hydrogen) atoms. The van der Waals surface area contributed by atoms with Gasteiger partial charge in [-0.05, 0) is 25.9 Å². The van der Waals surface area contributed by atoms with Crippen molar-refractivity contribution in [1.82, 2.24) is 25.1 Å². The summed E-state index contributed by atoms with van der Waals surface area (Å²) >= 11 is 1.48. The number of piperidine rings is 1. The van der Waals surface area contributed by atoms with Crippen molar-refractivity contribution in [2.75, 3.05) is 20.2 Å². The summed E-state index contributed by atoms with van der Waals surface area (Å²) in [6, 6.07) is 0. The first kappa shape index (κ1) is 16.0. The van der Waals surface area contributed by atoms with Gasteiger partial charge in [-0.3, -0.25) is 0 Å². The maximum atomic E-state index is 11.4. The zero-order chi connectivity index (χ0) is 16.2. The van der Waals surface area contributed by atoms with Gasteiger partial charge >= 0.3 is 5.97 Å². The lowest BCUT2D eigenvalue weighted by Gasteiger charge is -2.21. The molecule has 8 nitrogen and oxygen atoms in total. The second-order valence-corrected chi connectivity index (χ2v) is 6.27. The molecule has 3 rings (SSSR count). The molecule has 0 spiro atoms. The van der Waals surface area contributed by atoms with E-state index in [0.29, 0.717) is 17.6 Å². The molecule has 0 unspecified atom stereocenters. The lowest BCUT2D eigenvalue weighted by Crippen LogP contribution is -2.27. The second kappa shape index (κ2) is 7.14. The Kier molecular flexibility index (Phi) is 4.97. The molecule has 0 amide bonds. The first-order chi connectivity index (χ1) is 11.2. The lowest BCUT2D eigenvalue weighted by molar-refractivity contribution is 0.0594. The molecule has 124 valence electrons. The smallest absolute Gasteiger partial charge is 0.360 e. The van der Waals surface area contributed by atoms with Crippen molar-refractivity contribution in [3.63, 3.8) is 0 Å². The summed E-state index contributed by atoms with van der Waals surface area (Å²) in [7, 11) is 3.29. The van der Waals surface area contributed by atoms with Gasteiger partial charge in [-0.25, -0.2) is 9.78 Å². The van der Waals surface area contributed by atoms with E-state index >= 15 is 0 Å². The molecule has 0 saturated carbocycles. The molecule has 1 N–H and O–H groups in total. The van der Waals surface area contributed by atoms with Gasteiger partial charge in [-0.15, -0.1) is 10.2 Å². The standard InChI is InChI=1S/C14H19N5O3S/c1-19-12(9-3-5-15-6-4-9)17-18-14(19)23-8-11-16-10(7-22-11)13(20)21-2/h7,9,15H,3-6,8H2,1-2H3. The van der Waals surface area contributed by atoms with Crippen LogP contribution in [-0.4, -0.2) is 45.9 Å². The molecule has 0 atom stereocenters. The van der Waals surface area contributed by atoms with Crippen molar-refractivity contribution in [3.05, 3.63) is 23.7 Å². The third-order valence-corrected chi connectivity index (χ3v) is 4.85. The summed E-state index contributed by atoms with van der Waals surface area (Å²) < 4.78 is 11.9. The number of ether oxygens (including phenoxy) is 1. The Balaban J connectivity index is 1.63. The molecule has 1 fully saturated rings. The fraction of sp³-hybridized carbons (Fsp3) is 0.571. The van der Waals surface area contributed by atoms with Crippen LogP contribution in [0.4, 0.5) is 0 Å². The van der Waals surface area contributed by atoms with Crippen LogP contribution in [0.2, 0.25) is 0 Å². The molecule has 3 heterocycles. The second-order valence-electron chi connectivity index (χ2n) is 5.33. The zero-order valence-electron chi connectivity index (χ0n) is 13.1. The zero-order valence-corrected chi connectivity index (χ0v) is 13.9. The van der Waals surface area contributed by atoms with Gasteiger partial charge in [-0.1, -0.05) is 11.8 Å². The quantitative estimate of drug-likeness (QED) is 0.645. The van der Waals surface area contributed by atoms with Crippen molar-refractivity contribution >= 4 is 17.7 Å². The van der Waals surface area contributed by atoms with Crippen LogP contribution in [0.15, 0.2) is 15.8 Å². The number of carbonyl (C=O) groups is 1. The van der Waals surface area contributed by atoms with Gasteiger partial charge in [0, 0.05) is 13.0 Å². The van der Waals surface area contributed by atoms with E-state index in [-0.39, 0.29) is 5.69 Å². The Labute approximate surface area is 138 Å². The van der Waals surface area contributed by atoms with E-state index in [1.165, 1.54) is 25.1 Å². The minimum absolute atomic E-state index is 0.177. The van der Waals surface area contributed by atoms with Gasteiger partial charge in [0.2, 0.25) is 5.89 Å². The molecule has 0 aromatic carbocycles. The fourth-order valence-corrected chi connectivity index (χ4v) is 3.36. The van der Waals surface area contributed by atoms with Crippen molar-refractivity contribution < 1.29 is 13.9 Å². The highest BCUT2D eigenvalue weighted by Crippen LogP contribution is 2.27. The number of hydrogen-bond donors (Lipinski definition) is 1.